The Labute approximate surface area is 299 Å². The Morgan fingerprint density at radius 2 is 1.06 bits per heavy atom. The predicted molar refractivity (Wildman–Crippen MR) is 217 cm³/mol. The summed E-state index contributed by atoms with van der Waals surface area (Å²) in [6.07, 6.45) is 0. The Morgan fingerprint density at radius 1 is 0.460 bits per heavy atom. The number of aromatic nitrogens is 1. The monoisotopic (exact) mass is 665 g/mol. The van der Waals surface area contributed by atoms with Crippen molar-refractivity contribution >= 4 is 53.3 Å². The van der Waals surface area contributed by atoms with E-state index < -0.39 is 0 Å². The molecule has 0 spiro atoms. The largest absolute Gasteiger partial charge is 0.309 e. The number of fused-ring (bicyclic) bond motifs is 10. The highest BCUT2D eigenvalue weighted by Gasteiger charge is 2.57. The van der Waals surface area contributed by atoms with E-state index in [0.29, 0.717) is 0 Å². The van der Waals surface area contributed by atoms with Crippen LogP contribution in [0.25, 0.3) is 69.9 Å². The molecule has 0 amide bonds. The molecule has 0 saturated carbocycles. The van der Waals surface area contributed by atoms with Crippen molar-refractivity contribution < 1.29 is 0 Å². The fourth-order valence-corrected chi connectivity index (χ4v) is 11.0. The van der Waals surface area contributed by atoms with Crippen molar-refractivity contribution in [1.29, 1.82) is 0 Å². The van der Waals surface area contributed by atoms with Gasteiger partial charge in [0, 0.05) is 42.0 Å². The SMILES string of the molecule is CC1(C)c2ccccc2-c2cc3c4cc5c(cc4n(-c4ccc(-c6cccc7sc8ccccc8c67)cc4)c3cc21)C(C)(C)C(C)(C)C5(C)C. The van der Waals surface area contributed by atoms with Gasteiger partial charge in [0.2, 0.25) is 0 Å². The molecule has 1 nitrogen and oxygen atoms in total. The van der Waals surface area contributed by atoms with Crippen LogP contribution in [0.1, 0.15) is 77.6 Å². The summed E-state index contributed by atoms with van der Waals surface area (Å²) < 4.78 is 5.24. The van der Waals surface area contributed by atoms with Gasteiger partial charge in [-0.05, 0) is 109 Å². The number of nitrogens with zero attached hydrogens (tertiary/aromatic N) is 1. The minimum Gasteiger partial charge on any atom is -0.309 e. The van der Waals surface area contributed by atoms with E-state index in [1.54, 1.807) is 0 Å². The van der Waals surface area contributed by atoms with Gasteiger partial charge in [0.15, 0.2) is 0 Å². The molecule has 0 saturated heterocycles. The first-order valence-corrected chi connectivity index (χ1v) is 18.9. The first-order valence-electron chi connectivity index (χ1n) is 18.1. The van der Waals surface area contributed by atoms with E-state index in [9.17, 15) is 0 Å². The molecule has 246 valence electrons. The van der Waals surface area contributed by atoms with Crippen LogP contribution in [-0.2, 0) is 16.2 Å². The minimum absolute atomic E-state index is 0.0237. The van der Waals surface area contributed by atoms with Gasteiger partial charge in [-0.2, -0.15) is 0 Å². The van der Waals surface area contributed by atoms with Crippen LogP contribution in [-0.4, -0.2) is 4.57 Å². The van der Waals surface area contributed by atoms with Crippen molar-refractivity contribution in [1.82, 2.24) is 4.57 Å². The van der Waals surface area contributed by atoms with E-state index in [4.69, 9.17) is 0 Å². The maximum absolute atomic E-state index is 2.56. The molecule has 2 heteroatoms. The Balaban J connectivity index is 1.25. The van der Waals surface area contributed by atoms with E-state index >= 15 is 0 Å². The second-order valence-corrected chi connectivity index (χ2v) is 18.1. The molecular weight excluding hydrogens is 623 g/mol. The number of hydrogen-bond acceptors (Lipinski definition) is 1. The maximum Gasteiger partial charge on any atom is 0.0544 e. The fourth-order valence-electron chi connectivity index (χ4n) is 9.83. The highest BCUT2D eigenvalue weighted by molar-refractivity contribution is 7.25. The summed E-state index contributed by atoms with van der Waals surface area (Å²) in [5, 5.41) is 5.39. The minimum atomic E-state index is -0.0665. The summed E-state index contributed by atoms with van der Waals surface area (Å²) in [5.41, 5.74) is 15.0. The Kier molecular flexibility index (Phi) is 5.77. The van der Waals surface area contributed by atoms with Crippen molar-refractivity contribution in [3.63, 3.8) is 0 Å². The van der Waals surface area contributed by atoms with Gasteiger partial charge in [-0.15, -0.1) is 11.3 Å². The molecule has 0 fully saturated rings. The molecule has 2 aromatic heterocycles. The Morgan fingerprint density at radius 3 is 1.82 bits per heavy atom. The van der Waals surface area contributed by atoms with Crippen LogP contribution in [0.15, 0.2) is 115 Å². The predicted octanol–water partition coefficient (Wildman–Crippen LogP) is 13.7. The van der Waals surface area contributed by atoms with Gasteiger partial charge in [-0.1, -0.05) is 122 Å². The molecule has 10 rings (SSSR count). The molecule has 0 radical (unpaired) electrons. The summed E-state index contributed by atoms with van der Waals surface area (Å²) in [6, 6.07) is 44.1. The maximum atomic E-state index is 2.56. The molecule has 2 aliphatic rings. The summed E-state index contributed by atoms with van der Waals surface area (Å²) in [6.45, 7) is 19.5. The van der Waals surface area contributed by atoms with Gasteiger partial charge < -0.3 is 4.57 Å². The van der Waals surface area contributed by atoms with Crippen LogP contribution in [0.2, 0.25) is 0 Å². The lowest BCUT2D eigenvalue weighted by molar-refractivity contribution is 0.125. The average molecular weight is 666 g/mol. The molecule has 50 heavy (non-hydrogen) atoms. The number of hydrogen-bond donors (Lipinski definition) is 0. The first-order chi connectivity index (χ1) is 23.8. The Hall–Kier alpha value is -4.66. The van der Waals surface area contributed by atoms with Crippen molar-refractivity contribution in [3.05, 3.63) is 138 Å². The molecule has 0 bridgehead atoms. The third-order valence-corrected chi connectivity index (χ3v) is 15.1. The fraction of sp³-hybridized carbons (Fsp3) is 0.250. The van der Waals surface area contributed by atoms with Gasteiger partial charge in [-0.25, -0.2) is 0 Å². The van der Waals surface area contributed by atoms with Crippen molar-refractivity contribution in [3.8, 4) is 27.9 Å². The quantitative estimate of drug-likeness (QED) is 0.173. The molecule has 0 atom stereocenters. The highest BCUT2D eigenvalue weighted by Crippen LogP contribution is 2.62. The molecule has 0 unspecified atom stereocenters. The smallest absolute Gasteiger partial charge is 0.0544 e. The standard InChI is InChI=1S/C48H43NS/c1-45(2)36-17-11-9-14-31(36)33-24-34-35-25-38-39(47(5,6)48(7,8)46(38,3)4)27-41(35)49(40(34)26-37(33)45)29-22-20-28(21-23-29)30-16-13-19-43-44(30)32-15-10-12-18-42(32)50-43/h9-27H,1-8H3. The second-order valence-electron chi connectivity index (χ2n) is 17.0. The average Bonchev–Trinajstić information content (AvgIpc) is 3.74. The van der Waals surface area contributed by atoms with E-state index in [2.05, 4.69) is 175 Å². The molecule has 0 N–H and O–H groups in total. The third kappa shape index (κ3) is 3.58. The van der Waals surface area contributed by atoms with Gasteiger partial charge >= 0.3 is 0 Å². The zero-order valence-electron chi connectivity index (χ0n) is 30.3. The lowest BCUT2D eigenvalue weighted by Crippen LogP contribution is -2.42. The van der Waals surface area contributed by atoms with Crippen molar-refractivity contribution in [2.24, 2.45) is 5.41 Å². The molecule has 8 aromatic rings. The van der Waals surface area contributed by atoms with Gasteiger partial charge in [0.1, 0.15) is 0 Å². The summed E-state index contributed by atoms with van der Waals surface area (Å²) in [5.74, 6) is 0. The molecule has 2 aliphatic carbocycles. The lowest BCUT2D eigenvalue weighted by Gasteiger charge is -2.44. The first kappa shape index (κ1) is 30.2. The van der Waals surface area contributed by atoms with Crippen LogP contribution in [0.3, 0.4) is 0 Å². The number of benzene rings is 6. The topological polar surface area (TPSA) is 4.93 Å². The van der Waals surface area contributed by atoms with Crippen LogP contribution >= 0.6 is 11.3 Å². The second kappa shape index (κ2) is 9.56. The lowest BCUT2D eigenvalue weighted by atomic mass is 9.59. The molecule has 2 heterocycles. The summed E-state index contributed by atoms with van der Waals surface area (Å²) >= 11 is 1.88. The zero-order chi connectivity index (χ0) is 34.5. The van der Waals surface area contributed by atoms with Crippen molar-refractivity contribution in [2.75, 3.05) is 0 Å². The van der Waals surface area contributed by atoms with E-state index in [1.165, 1.54) is 92.2 Å². The molecule has 6 aromatic carbocycles. The van der Waals surface area contributed by atoms with Crippen LogP contribution in [0, 0.1) is 5.41 Å². The van der Waals surface area contributed by atoms with E-state index in [1.807, 2.05) is 11.3 Å². The Bertz CT molecular complexity index is 2740. The van der Waals surface area contributed by atoms with Gasteiger partial charge in [0.05, 0.1) is 11.0 Å². The number of rotatable bonds is 2. The summed E-state index contributed by atoms with van der Waals surface area (Å²) in [4.78, 5) is 0. The molecule has 0 aliphatic heterocycles. The van der Waals surface area contributed by atoms with Crippen molar-refractivity contribution in [2.45, 2.75) is 71.6 Å². The normalized spacial score (nSPS) is 17.8. The van der Waals surface area contributed by atoms with E-state index in [0.717, 1.165) is 0 Å². The van der Waals surface area contributed by atoms with Crippen LogP contribution in [0.5, 0.6) is 0 Å². The highest BCUT2D eigenvalue weighted by atomic mass is 32.1. The van der Waals surface area contributed by atoms with Gasteiger partial charge in [-0.3, -0.25) is 0 Å². The van der Waals surface area contributed by atoms with Gasteiger partial charge in [0.25, 0.3) is 0 Å². The van der Waals surface area contributed by atoms with E-state index in [-0.39, 0.29) is 21.7 Å². The summed E-state index contributed by atoms with van der Waals surface area (Å²) in [7, 11) is 0. The molecular formula is C48H43NS. The third-order valence-electron chi connectivity index (χ3n) is 13.9. The van der Waals surface area contributed by atoms with Crippen LogP contribution in [0.4, 0.5) is 0 Å². The van der Waals surface area contributed by atoms with Crippen LogP contribution < -0.4 is 0 Å². The zero-order valence-corrected chi connectivity index (χ0v) is 31.1. The number of thiophene rings is 1.